The van der Waals surface area contributed by atoms with Crippen LogP contribution in [0, 0.1) is 12.7 Å². The minimum Gasteiger partial charge on any atom is -0.450 e. The third-order valence-corrected chi connectivity index (χ3v) is 5.79. The number of hydrogen-bond donors (Lipinski definition) is 1. The molecule has 0 bridgehead atoms. The highest BCUT2D eigenvalue weighted by atomic mass is 79.9. The molecule has 4 rings (SSSR count). The van der Waals surface area contributed by atoms with Crippen LogP contribution >= 0.6 is 27.3 Å². The van der Waals surface area contributed by atoms with Crippen molar-refractivity contribution in [2.24, 2.45) is 0 Å². The lowest BCUT2D eigenvalue weighted by atomic mass is 10.0. The molecule has 0 amide bonds. The van der Waals surface area contributed by atoms with Crippen molar-refractivity contribution >= 4 is 49.7 Å². The smallest absolute Gasteiger partial charge is 0.231 e. The summed E-state index contributed by atoms with van der Waals surface area (Å²) in [5.41, 5.74) is 10.6. The number of anilines is 1. The van der Waals surface area contributed by atoms with Crippen molar-refractivity contribution in [3.8, 4) is 11.1 Å². The Balaban J connectivity index is 1.82. The number of rotatable bonds is 3. The van der Waals surface area contributed by atoms with E-state index in [1.54, 1.807) is 11.3 Å². The summed E-state index contributed by atoms with van der Waals surface area (Å²) in [5, 5.41) is 4.84. The summed E-state index contributed by atoms with van der Waals surface area (Å²) in [7, 11) is 0. The van der Waals surface area contributed by atoms with Gasteiger partial charge in [-0.15, -0.1) is 0 Å². The van der Waals surface area contributed by atoms with Gasteiger partial charge in [-0.25, -0.2) is 4.39 Å². The van der Waals surface area contributed by atoms with Crippen LogP contribution in [0.25, 0.3) is 22.1 Å². The second-order valence-electron chi connectivity index (χ2n) is 5.98. The average molecular weight is 430 g/mol. The van der Waals surface area contributed by atoms with Crippen LogP contribution in [-0.2, 0) is 0 Å². The fourth-order valence-electron chi connectivity index (χ4n) is 2.90. The number of carbonyl (C=O) groups excluding carboxylic acids is 1. The number of benzene rings is 2. The molecule has 0 unspecified atom stereocenters. The van der Waals surface area contributed by atoms with E-state index in [-0.39, 0.29) is 17.2 Å². The number of ketones is 1. The highest BCUT2D eigenvalue weighted by molar-refractivity contribution is 9.10. The predicted octanol–water partition coefficient (Wildman–Crippen LogP) is 6.18. The van der Waals surface area contributed by atoms with Gasteiger partial charge in [0.1, 0.15) is 11.4 Å². The van der Waals surface area contributed by atoms with Gasteiger partial charge in [0.2, 0.25) is 5.78 Å². The average Bonchev–Trinajstić information content (AvgIpc) is 3.17. The van der Waals surface area contributed by atoms with Crippen LogP contribution in [0.4, 0.5) is 10.1 Å². The molecule has 0 saturated heterocycles. The molecule has 0 atom stereocenters. The lowest BCUT2D eigenvalue weighted by molar-refractivity contribution is 0.101. The van der Waals surface area contributed by atoms with E-state index < -0.39 is 5.82 Å². The Morgan fingerprint density at radius 3 is 2.69 bits per heavy atom. The number of halogens is 2. The lowest BCUT2D eigenvalue weighted by Gasteiger charge is -2.02. The molecule has 0 aliphatic rings. The second-order valence-corrected chi connectivity index (χ2v) is 7.58. The summed E-state index contributed by atoms with van der Waals surface area (Å²) in [4.78, 5) is 12.8. The van der Waals surface area contributed by atoms with Gasteiger partial charge in [0.25, 0.3) is 0 Å². The fourth-order valence-corrected chi connectivity index (χ4v) is 4.29. The van der Waals surface area contributed by atoms with Crippen LogP contribution in [0.2, 0.25) is 0 Å². The quantitative estimate of drug-likeness (QED) is 0.395. The van der Waals surface area contributed by atoms with Gasteiger partial charge < -0.3 is 10.2 Å². The molecule has 0 fully saturated rings. The summed E-state index contributed by atoms with van der Waals surface area (Å²) in [6, 6.07) is 9.59. The first-order chi connectivity index (χ1) is 12.5. The lowest BCUT2D eigenvalue weighted by Crippen LogP contribution is -2.04. The van der Waals surface area contributed by atoms with Crippen molar-refractivity contribution in [1.82, 2.24) is 0 Å². The highest BCUT2D eigenvalue weighted by Crippen LogP contribution is 2.35. The standard InChI is InChI=1S/C20H13BrFNO2S/c1-10-8-26-9-15(10)11-2-4-14-17(6-11)25-20(18(14)23)19(24)13-5-3-12(22)7-16(13)21/h2-9H,23H2,1H3. The Bertz CT molecular complexity index is 1160. The molecule has 4 aromatic rings. The Morgan fingerprint density at radius 1 is 1.19 bits per heavy atom. The highest BCUT2D eigenvalue weighted by Gasteiger charge is 2.22. The number of furan rings is 1. The van der Waals surface area contributed by atoms with Crippen molar-refractivity contribution < 1.29 is 13.6 Å². The summed E-state index contributed by atoms with van der Waals surface area (Å²) in [5.74, 6) is -0.757. The number of hydrogen-bond acceptors (Lipinski definition) is 4. The van der Waals surface area contributed by atoms with Crippen LogP contribution in [-0.4, -0.2) is 5.78 Å². The molecule has 3 nitrogen and oxygen atoms in total. The largest absolute Gasteiger partial charge is 0.450 e. The molecule has 0 aliphatic heterocycles. The zero-order valence-corrected chi connectivity index (χ0v) is 16.1. The first kappa shape index (κ1) is 17.0. The second kappa shape index (κ2) is 6.37. The van der Waals surface area contributed by atoms with Gasteiger partial charge in [0.05, 0.1) is 5.69 Å². The molecule has 2 aromatic heterocycles. The Labute approximate surface area is 161 Å². The van der Waals surface area contributed by atoms with Gasteiger partial charge in [-0.1, -0.05) is 6.07 Å². The van der Waals surface area contributed by atoms with Crippen LogP contribution in [0.3, 0.4) is 0 Å². The third-order valence-electron chi connectivity index (χ3n) is 4.28. The summed E-state index contributed by atoms with van der Waals surface area (Å²) in [6.45, 7) is 2.05. The molecule has 130 valence electrons. The van der Waals surface area contributed by atoms with E-state index in [1.165, 1.54) is 23.8 Å². The molecule has 2 aromatic carbocycles. The van der Waals surface area contributed by atoms with Gasteiger partial charge in [-0.2, -0.15) is 11.3 Å². The number of nitrogen functional groups attached to an aromatic ring is 1. The van der Waals surface area contributed by atoms with E-state index in [9.17, 15) is 9.18 Å². The Morgan fingerprint density at radius 2 is 2.00 bits per heavy atom. The molecule has 2 heterocycles. The number of thiophene rings is 1. The minimum atomic E-state index is -0.429. The molecule has 6 heteroatoms. The molecule has 0 aliphatic carbocycles. The molecule has 0 radical (unpaired) electrons. The Hall–Kier alpha value is -2.44. The molecule has 0 saturated carbocycles. The number of aryl methyl sites for hydroxylation is 1. The SMILES string of the molecule is Cc1cscc1-c1ccc2c(N)c(C(=O)c3ccc(F)cc3Br)oc2c1. The van der Waals surface area contributed by atoms with E-state index in [0.29, 0.717) is 21.0 Å². The zero-order chi connectivity index (χ0) is 18.4. The van der Waals surface area contributed by atoms with Gasteiger partial charge in [0.15, 0.2) is 5.76 Å². The van der Waals surface area contributed by atoms with Gasteiger partial charge in [-0.3, -0.25) is 4.79 Å². The van der Waals surface area contributed by atoms with Crippen LogP contribution in [0.15, 0.2) is 56.0 Å². The number of carbonyl (C=O) groups is 1. The van der Waals surface area contributed by atoms with Gasteiger partial charge >= 0.3 is 0 Å². The fraction of sp³-hybridized carbons (Fsp3) is 0.0500. The monoisotopic (exact) mass is 429 g/mol. The van der Waals surface area contributed by atoms with Crippen LogP contribution < -0.4 is 5.73 Å². The summed E-state index contributed by atoms with van der Waals surface area (Å²) in [6.07, 6.45) is 0. The summed E-state index contributed by atoms with van der Waals surface area (Å²) >= 11 is 4.85. The molecular weight excluding hydrogens is 417 g/mol. The van der Waals surface area contributed by atoms with E-state index >= 15 is 0 Å². The van der Waals surface area contributed by atoms with Crippen molar-refractivity contribution in [3.63, 3.8) is 0 Å². The number of fused-ring (bicyclic) bond motifs is 1. The van der Waals surface area contributed by atoms with E-state index in [4.69, 9.17) is 10.2 Å². The van der Waals surface area contributed by atoms with E-state index in [1.807, 2.05) is 25.1 Å². The number of nitrogens with two attached hydrogens (primary N) is 1. The van der Waals surface area contributed by atoms with E-state index in [0.717, 1.165) is 11.1 Å². The first-order valence-electron chi connectivity index (χ1n) is 7.80. The van der Waals surface area contributed by atoms with Crippen molar-refractivity contribution in [3.05, 3.63) is 74.3 Å². The normalized spacial score (nSPS) is 11.2. The van der Waals surface area contributed by atoms with Crippen molar-refractivity contribution in [1.29, 1.82) is 0 Å². The van der Waals surface area contributed by atoms with Crippen LogP contribution in [0.1, 0.15) is 21.7 Å². The predicted molar refractivity (Wildman–Crippen MR) is 106 cm³/mol. The molecular formula is C20H13BrFNO2S. The maximum absolute atomic E-state index is 13.3. The van der Waals surface area contributed by atoms with Crippen molar-refractivity contribution in [2.75, 3.05) is 5.73 Å². The maximum atomic E-state index is 13.3. The maximum Gasteiger partial charge on any atom is 0.231 e. The topological polar surface area (TPSA) is 56.2 Å². The third kappa shape index (κ3) is 2.75. The molecule has 0 spiro atoms. The zero-order valence-electron chi connectivity index (χ0n) is 13.7. The summed E-state index contributed by atoms with van der Waals surface area (Å²) < 4.78 is 19.4. The van der Waals surface area contributed by atoms with Gasteiger partial charge in [-0.05, 0) is 80.6 Å². The van der Waals surface area contributed by atoms with Gasteiger partial charge in [0, 0.05) is 15.4 Å². The molecule has 26 heavy (non-hydrogen) atoms. The van der Waals surface area contributed by atoms with E-state index in [2.05, 4.69) is 26.7 Å². The molecule has 2 N–H and O–H groups in total. The Kier molecular flexibility index (Phi) is 4.17. The minimum absolute atomic E-state index is 0.0616. The van der Waals surface area contributed by atoms with Crippen LogP contribution in [0.5, 0.6) is 0 Å². The van der Waals surface area contributed by atoms with Crippen molar-refractivity contribution in [2.45, 2.75) is 6.92 Å². The first-order valence-corrected chi connectivity index (χ1v) is 9.54.